The van der Waals surface area contributed by atoms with E-state index in [1.54, 1.807) is 19.1 Å². The van der Waals surface area contributed by atoms with Crippen LogP contribution in [0.5, 0.6) is 11.5 Å². The Balaban J connectivity index is 1.81. The van der Waals surface area contributed by atoms with E-state index in [9.17, 15) is 9.59 Å². The fraction of sp³-hybridized carbons (Fsp3) is 0.600. The van der Waals surface area contributed by atoms with Crippen LogP contribution in [-0.2, 0) is 17.8 Å². The third kappa shape index (κ3) is 6.05. The minimum absolute atomic E-state index is 0.0308. The molecule has 0 atom stereocenters. The zero-order chi connectivity index (χ0) is 19.8. The number of ether oxygens (including phenoxy) is 2. The Morgan fingerprint density at radius 1 is 1.07 bits per heavy atom. The molecule has 1 aromatic carbocycles. The first kappa shape index (κ1) is 20.9. The third-order valence-corrected chi connectivity index (χ3v) is 4.68. The van der Waals surface area contributed by atoms with Gasteiger partial charge in [-0.2, -0.15) is 0 Å². The second-order valence-electron chi connectivity index (χ2n) is 7.16. The SMILES string of the molecule is COc1cc2c(cc1OC)CN(C(=O)NCCC(=O)NCCC(C)C)CC2. The van der Waals surface area contributed by atoms with Crippen molar-refractivity contribution in [2.24, 2.45) is 5.92 Å². The van der Waals surface area contributed by atoms with Crippen molar-refractivity contribution in [3.8, 4) is 11.5 Å². The molecule has 0 spiro atoms. The predicted molar refractivity (Wildman–Crippen MR) is 104 cm³/mol. The van der Waals surface area contributed by atoms with Crippen molar-refractivity contribution in [2.75, 3.05) is 33.9 Å². The molecule has 3 amide bonds. The van der Waals surface area contributed by atoms with Crippen LogP contribution in [0.2, 0.25) is 0 Å². The number of methoxy groups -OCH3 is 2. The summed E-state index contributed by atoms with van der Waals surface area (Å²) in [7, 11) is 3.22. The van der Waals surface area contributed by atoms with Gasteiger partial charge in [-0.05, 0) is 42.0 Å². The van der Waals surface area contributed by atoms with Gasteiger partial charge in [0.25, 0.3) is 0 Å². The number of rotatable bonds is 8. The molecule has 1 heterocycles. The van der Waals surface area contributed by atoms with Gasteiger partial charge in [0.2, 0.25) is 5.91 Å². The van der Waals surface area contributed by atoms with Crippen LogP contribution >= 0.6 is 0 Å². The summed E-state index contributed by atoms with van der Waals surface area (Å²) in [5, 5.41) is 5.71. The molecule has 150 valence electrons. The summed E-state index contributed by atoms with van der Waals surface area (Å²) in [6, 6.07) is 3.76. The number of urea groups is 1. The highest BCUT2D eigenvalue weighted by molar-refractivity contribution is 5.78. The zero-order valence-electron chi connectivity index (χ0n) is 16.8. The van der Waals surface area contributed by atoms with E-state index < -0.39 is 0 Å². The monoisotopic (exact) mass is 377 g/mol. The van der Waals surface area contributed by atoms with Crippen LogP contribution in [0.3, 0.4) is 0 Å². The van der Waals surface area contributed by atoms with Gasteiger partial charge in [-0.15, -0.1) is 0 Å². The van der Waals surface area contributed by atoms with Crippen LogP contribution in [0, 0.1) is 5.92 Å². The summed E-state index contributed by atoms with van der Waals surface area (Å²) in [5.74, 6) is 1.90. The molecule has 7 heteroatoms. The molecule has 2 N–H and O–H groups in total. The molecule has 0 radical (unpaired) electrons. The van der Waals surface area contributed by atoms with Crippen molar-refractivity contribution < 1.29 is 19.1 Å². The van der Waals surface area contributed by atoms with Gasteiger partial charge in [-0.3, -0.25) is 4.79 Å². The second kappa shape index (κ2) is 10.0. The van der Waals surface area contributed by atoms with Crippen LogP contribution in [0.4, 0.5) is 4.79 Å². The number of carbonyl (C=O) groups is 2. The average molecular weight is 377 g/mol. The van der Waals surface area contributed by atoms with Gasteiger partial charge < -0.3 is 25.0 Å². The number of hydrogen-bond donors (Lipinski definition) is 2. The standard InChI is InChI=1S/C20H31N3O4/c1-14(2)5-8-21-19(24)6-9-22-20(25)23-10-7-15-11-17(26-3)18(27-4)12-16(15)13-23/h11-12,14H,5-10,13H2,1-4H3,(H,21,24)(H,22,25). The lowest BCUT2D eigenvalue weighted by Crippen LogP contribution is -2.43. The molecule has 1 aliphatic heterocycles. The van der Waals surface area contributed by atoms with Crippen LogP contribution in [0.1, 0.15) is 37.8 Å². The summed E-state index contributed by atoms with van der Waals surface area (Å²) < 4.78 is 10.7. The Labute approximate surface area is 161 Å². The fourth-order valence-corrected chi connectivity index (χ4v) is 3.04. The lowest BCUT2D eigenvalue weighted by molar-refractivity contribution is -0.120. The minimum atomic E-state index is -0.148. The van der Waals surface area contributed by atoms with E-state index in [1.165, 1.54) is 5.56 Å². The van der Waals surface area contributed by atoms with Crippen LogP contribution < -0.4 is 20.1 Å². The summed E-state index contributed by atoms with van der Waals surface area (Å²) in [6.45, 7) is 6.40. The predicted octanol–water partition coefficient (Wildman–Crippen LogP) is 2.32. The topological polar surface area (TPSA) is 79.9 Å². The van der Waals surface area contributed by atoms with E-state index in [1.807, 2.05) is 12.1 Å². The number of carbonyl (C=O) groups excluding carboxylic acids is 2. The number of fused-ring (bicyclic) bond motifs is 1. The number of nitrogens with zero attached hydrogens (tertiary/aromatic N) is 1. The molecular weight excluding hydrogens is 346 g/mol. The van der Waals surface area contributed by atoms with Crippen molar-refractivity contribution in [3.05, 3.63) is 23.3 Å². The van der Waals surface area contributed by atoms with Crippen molar-refractivity contribution in [1.29, 1.82) is 0 Å². The normalized spacial score (nSPS) is 13.1. The summed E-state index contributed by atoms with van der Waals surface area (Å²) in [4.78, 5) is 25.9. The molecule has 0 bridgehead atoms. The first-order valence-corrected chi connectivity index (χ1v) is 9.47. The fourth-order valence-electron chi connectivity index (χ4n) is 3.04. The van der Waals surface area contributed by atoms with Crippen molar-refractivity contribution in [2.45, 2.75) is 39.7 Å². The first-order chi connectivity index (χ1) is 12.9. The van der Waals surface area contributed by atoms with Crippen molar-refractivity contribution >= 4 is 11.9 Å². The molecule has 0 saturated heterocycles. The van der Waals surface area contributed by atoms with Crippen molar-refractivity contribution in [1.82, 2.24) is 15.5 Å². The number of hydrogen-bond acceptors (Lipinski definition) is 4. The summed E-state index contributed by atoms with van der Waals surface area (Å²) in [5.41, 5.74) is 2.22. The van der Waals surface area contributed by atoms with E-state index >= 15 is 0 Å². The van der Waals surface area contributed by atoms with E-state index in [0.717, 1.165) is 18.4 Å². The quantitative estimate of drug-likeness (QED) is 0.729. The van der Waals surface area contributed by atoms with Gasteiger partial charge in [0.15, 0.2) is 11.5 Å². The number of amides is 3. The first-order valence-electron chi connectivity index (χ1n) is 9.47. The van der Waals surface area contributed by atoms with Crippen LogP contribution in [0.15, 0.2) is 12.1 Å². The molecule has 0 aromatic heterocycles. The maximum Gasteiger partial charge on any atom is 0.317 e. The molecular formula is C20H31N3O4. The van der Waals surface area contributed by atoms with Crippen LogP contribution in [-0.4, -0.2) is 50.7 Å². The molecule has 2 rings (SSSR count). The Morgan fingerprint density at radius 2 is 1.74 bits per heavy atom. The van der Waals surface area contributed by atoms with E-state index in [4.69, 9.17) is 9.47 Å². The Bertz CT molecular complexity index is 661. The lowest BCUT2D eigenvalue weighted by Gasteiger charge is -2.29. The van der Waals surface area contributed by atoms with Gasteiger partial charge in [0.05, 0.1) is 14.2 Å². The molecule has 7 nitrogen and oxygen atoms in total. The van der Waals surface area contributed by atoms with Gasteiger partial charge in [0, 0.05) is 32.6 Å². The van der Waals surface area contributed by atoms with E-state index in [0.29, 0.717) is 50.0 Å². The van der Waals surface area contributed by atoms with Gasteiger partial charge in [-0.1, -0.05) is 13.8 Å². The second-order valence-corrected chi connectivity index (χ2v) is 7.16. The number of benzene rings is 1. The lowest BCUT2D eigenvalue weighted by atomic mass is 9.99. The van der Waals surface area contributed by atoms with E-state index in [-0.39, 0.29) is 11.9 Å². The molecule has 0 unspecified atom stereocenters. The summed E-state index contributed by atoms with van der Waals surface area (Å²) >= 11 is 0. The largest absolute Gasteiger partial charge is 0.493 e. The zero-order valence-corrected chi connectivity index (χ0v) is 16.8. The summed E-state index contributed by atoms with van der Waals surface area (Å²) in [6.07, 6.45) is 2.01. The van der Waals surface area contributed by atoms with Gasteiger partial charge in [-0.25, -0.2) is 4.79 Å². The van der Waals surface area contributed by atoms with Crippen molar-refractivity contribution in [3.63, 3.8) is 0 Å². The van der Waals surface area contributed by atoms with Crippen LogP contribution in [0.25, 0.3) is 0 Å². The smallest absolute Gasteiger partial charge is 0.317 e. The van der Waals surface area contributed by atoms with Gasteiger partial charge >= 0.3 is 6.03 Å². The Kier molecular flexibility index (Phi) is 7.76. The Hall–Kier alpha value is -2.44. The molecule has 0 fully saturated rings. The molecule has 0 aliphatic carbocycles. The maximum absolute atomic E-state index is 12.4. The highest BCUT2D eigenvalue weighted by Gasteiger charge is 2.22. The third-order valence-electron chi connectivity index (χ3n) is 4.68. The highest BCUT2D eigenvalue weighted by atomic mass is 16.5. The molecule has 27 heavy (non-hydrogen) atoms. The molecule has 1 aromatic rings. The average Bonchev–Trinajstić information content (AvgIpc) is 2.65. The Morgan fingerprint density at radius 3 is 2.37 bits per heavy atom. The van der Waals surface area contributed by atoms with E-state index in [2.05, 4.69) is 24.5 Å². The number of nitrogens with one attached hydrogen (secondary N) is 2. The minimum Gasteiger partial charge on any atom is -0.493 e. The highest BCUT2D eigenvalue weighted by Crippen LogP contribution is 2.33. The molecule has 1 aliphatic rings. The van der Waals surface area contributed by atoms with Gasteiger partial charge in [0.1, 0.15) is 0 Å². The maximum atomic E-state index is 12.4. The molecule has 0 saturated carbocycles.